The average molecular weight is 424 g/mol. The molecule has 7 heteroatoms. The maximum atomic E-state index is 11.0. The highest BCUT2D eigenvalue weighted by Gasteiger charge is 2.45. The number of aromatic nitrogens is 1. The van der Waals surface area contributed by atoms with Gasteiger partial charge in [0.05, 0.1) is 18.3 Å². The minimum Gasteiger partial charge on any atom is -0.476 e. The fraction of sp³-hybridized carbons (Fsp3) is 0.727. The quantitative estimate of drug-likeness (QED) is 0.382. The SMILES string of the molecule is CCCCCCCC(O)/C=C/[C@@H]1[C@H]2CC[C@H](c3nc(C(=O)O)cs3)O[C@H]2C[C@H]1O. The third-order valence-electron chi connectivity index (χ3n) is 6.17. The average Bonchev–Trinajstić information content (AvgIpc) is 3.30. The number of fused-ring (bicyclic) bond motifs is 1. The Morgan fingerprint density at radius 1 is 1.34 bits per heavy atom. The molecule has 1 aliphatic carbocycles. The number of hydrogen-bond donors (Lipinski definition) is 3. The van der Waals surface area contributed by atoms with Crippen molar-refractivity contribution in [1.82, 2.24) is 4.98 Å². The Labute approximate surface area is 176 Å². The molecule has 1 saturated carbocycles. The summed E-state index contributed by atoms with van der Waals surface area (Å²) in [6, 6.07) is 0. The fourth-order valence-corrected chi connectivity index (χ4v) is 5.42. The van der Waals surface area contributed by atoms with E-state index in [0.717, 1.165) is 32.1 Å². The number of carboxylic acids is 1. The van der Waals surface area contributed by atoms with Crippen molar-refractivity contribution in [2.75, 3.05) is 0 Å². The standard InChI is InChI=1S/C22H33NO5S/c1-2-3-4-5-6-7-14(24)8-9-15-16-10-11-19(28-20(16)12-18(15)25)21-23-17(13-29-21)22(26)27/h8-9,13-16,18-20,24-25H,2-7,10-12H2,1H3,(H,26,27)/b9-8+/t14?,15-,16-,18-,19-,20+/m1/s1. The molecule has 3 rings (SSSR count). The van der Waals surface area contributed by atoms with Crippen LogP contribution >= 0.6 is 11.3 Å². The summed E-state index contributed by atoms with van der Waals surface area (Å²) >= 11 is 1.32. The number of thiazole rings is 1. The Kier molecular flexibility index (Phi) is 8.24. The zero-order chi connectivity index (χ0) is 20.8. The van der Waals surface area contributed by atoms with Crippen LogP contribution in [0.3, 0.4) is 0 Å². The first-order valence-electron chi connectivity index (χ1n) is 10.9. The predicted octanol–water partition coefficient (Wildman–Crippen LogP) is 4.34. The number of aliphatic hydroxyl groups is 2. The molecule has 2 aliphatic rings. The van der Waals surface area contributed by atoms with Gasteiger partial charge in [0, 0.05) is 17.7 Å². The maximum absolute atomic E-state index is 11.0. The molecule has 1 aromatic heterocycles. The second-order valence-electron chi connectivity index (χ2n) is 8.32. The first-order chi connectivity index (χ1) is 14.0. The lowest BCUT2D eigenvalue weighted by Crippen LogP contribution is -2.30. The summed E-state index contributed by atoms with van der Waals surface area (Å²) < 4.78 is 6.20. The van der Waals surface area contributed by atoms with Crippen LogP contribution < -0.4 is 0 Å². The fourth-order valence-electron chi connectivity index (χ4n) is 4.56. The monoisotopic (exact) mass is 423 g/mol. The minimum absolute atomic E-state index is 0.00145. The van der Waals surface area contributed by atoms with Gasteiger partial charge in [-0.3, -0.25) is 0 Å². The van der Waals surface area contributed by atoms with Crippen molar-refractivity contribution in [3.05, 3.63) is 28.2 Å². The molecule has 0 aromatic carbocycles. The van der Waals surface area contributed by atoms with E-state index in [1.54, 1.807) is 5.38 Å². The molecule has 2 fully saturated rings. The molecule has 1 aliphatic heterocycles. The smallest absolute Gasteiger partial charge is 0.355 e. The summed E-state index contributed by atoms with van der Waals surface area (Å²) in [5, 5.41) is 32.1. The number of carboxylic acid groups (broad SMARTS) is 1. The second-order valence-corrected chi connectivity index (χ2v) is 9.21. The lowest BCUT2D eigenvalue weighted by Gasteiger charge is -2.33. The number of ether oxygens (including phenoxy) is 1. The summed E-state index contributed by atoms with van der Waals surface area (Å²) in [4.78, 5) is 15.2. The highest BCUT2D eigenvalue weighted by Crippen LogP contribution is 2.46. The van der Waals surface area contributed by atoms with E-state index < -0.39 is 18.2 Å². The van der Waals surface area contributed by atoms with Crippen molar-refractivity contribution in [3.8, 4) is 0 Å². The molecule has 6 nitrogen and oxygen atoms in total. The van der Waals surface area contributed by atoms with Crippen molar-refractivity contribution in [3.63, 3.8) is 0 Å². The van der Waals surface area contributed by atoms with Crippen molar-refractivity contribution in [2.24, 2.45) is 11.8 Å². The van der Waals surface area contributed by atoms with Crippen molar-refractivity contribution >= 4 is 17.3 Å². The van der Waals surface area contributed by atoms with Crippen LogP contribution in [0.15, 0.2) is 17.5 Å². The molecule has 1 unspecified atom stereocenters. The number of aromatic carboxylic acids is 1. The lowest BCUT2D eigenvalue weighted by atomic mass is 9.86. The Balaban J connectivity index is 1.50. The van der Waals surface area contributed by atoms with E-state index in [2.05, 4.69) is 11.9 Å². The number of rotatable bonds is 10. The summed E-state index contributed by atoms with van der Waals surface area (Å²) in [7, 11) is 0. The molecule has 0 amide bonds. The van der Waals surface area contributed by atoms with E-state index in [9.17, 15) is 15.0 Å². The summed E-state index contributed by atoms with van der Waals surface area (Å²) in [6.07, 6.45) is 11.6. The minimum atomic E-state index is -1.02. The van der Waals surface area contributed by atoms with Crippen LogP contribution in [0.2, 0.25) is 0 Å². The van der Waals surface area contributed by atoms with Gasteiger partial charge in [-0.25, -0.2) is 9.78 Å². The molecule has 0 radical (unpaired) electrons. The molecule has 0 bridgehead atoms. The van der Waals surface area contributed by atoms with Gasteiger partial charge in [0.2, 0.25) is 0 Å². The number of carbonyl (C=O) groups is 1. The van der Waals surface area contributed by atoms with Gasteiger partial charge < -0.3 is 20.1 Å². The van der Waals surface area contributed by atoms with Crippen LogP contribution in [0.4, 0.5) is 0 Å². The largest absolute Gasteiger partial charge is 0.476 e. The van der Waals surface area contributed by atoms with Gasteiger partial charge >= 0.3 is 5.97 Å². The van der Waals surface area contributed by atoms with Gasteiger partial charge in [0.25, 0.3) is 0 Å². The van der Waals surface area contributed by atoms with Crippen molar-refractivity contribution in [1.29, 1.82) is 0 Å². The van der Waals surface area contributed by atoms with Crippen molar-refractivity contribution in [2.45, 2.75) is 89.1 Å². The maximum Gasteiger partial charge on any atom is 0.355 e. The van der Waals surface area contributed by atoms with Gasteiger partial charge in [0.1, 0.15) is 11.1 Å². The van der Waals surface area contributed by atoms with Gasteiger partial charge in [-0.2, -0.15) is 0 Å². The first kappa shape index (κ1) is 22.4. The molecule has 3 N–H and O–H groups in total. The van der Waals surface area contributed by atoms with Crippen LogP contribution in [0.1, 0.15) is 86.3 Å². The van der Waals surface area contributed by atoms with Gasteiger partial charge in [-0.05, 0) is 25.2 Å². The summed E-state index contributed by atoms with van der Waals surface area (Å²) in [5.74, 6) is -0.790. The molecular formula is C22H33NO5S. The molecule has 162 valence electrons. The van der Waals surface area contributed by atoms with Crippen molar-refractivity contribution < 1.29 is 24.9 Å². The summed E-state index contributed by atoms with van der Waals surface area (Å²) in [6.45, 7) is 2.19. The highest BCUT2D eigenvalue weighted by atomic mass is 32.1. The highest BCUT2D eigenvalue weighted by molar-refractivity contribution is 7.09. The number of nitrogens with zero attached hydrogens (tertiary/aromatic N) is 1. The van der Waals surface area contributed by atoms with E-state index in [-0.39, 0.29) is 29.7 Å². The Hall–Kier alpha value is -1.28. The molecule has 1 saturated heterocycles. The number of hydrogen-bond acceptors (Lipinski definition) is 6. The molecule has 6 atom stereocenters. The van der Waals surface area contributed by atoms with E-state index in [1.807, 2.05) is 12.2 Å². The molecule has 0 spiro atoms. The Morgan fingerprint density at radius 2 is 2.14 bits per heavy atom. The Morgan fingerprint density at radius 3 is 2.86 bits per heavy atom. The van der Waals surface area contributed by atoms with Crippen LogP contribution in [0.5, 0.6) is 0 Å². The number of aliphatic hydroxyl groups excluding tert-OH is 2. The molecule has 2 heterocycles. The summed E-state index contributed by atoms with van der Waals surface area (Å²) in [5.41, 5.74) is 0.0617. The van der Waals surface area contributed by atoms with E-state index >= 15 is 0 Å². The van der Waals surface area contributed by atoms with Crippen LogP contribution in [0.25, 0.3) is 0 Å². The third kappa shape index (κ3) is 5.87. The number of unbranched alkanes of at least 4 members (excludes halogenated alkanes) is 4. The third-order valence-corrected chi connectivity index (χ3v) is 7.10. The lowest BCUT2D eigenvalue weighted by molar-refractivity contribution is -0.0767. The molecule has 29 heavy (non-hydrogen) atoms. The predicted molar refractivity (Wildman–Crippen MR) is 112 cm³/mol. The second kappa shape index (κ2) is 10.7. The normalized spacial score (nSPS) is 30.5. The van der Waals surface area contributed by atoms with E-state index in [4.69, 9.17) is 9.84 Å². The van der Waals surface area contributed by atoms with Gasteiger partial charge in [0.15, 0.2) is 5.69 Å². The Bertz CT molecular complexity index is 690. The molecular weight excluding hydrogens is 390 g/mol. The zero-order valence-electron chi connectivity index (χ0n) is 17.1. The van der Waals surface area contributed by atoms with Crippen LogP contribution in [-0.2, 0) is 4.74 Å². The van der Waals surface area contributed by atoms with Crippen LogP contribution in [-0.4, -0.2) is 44.6 Å². The topological polar surface area (TPSA) is 99.9 Å². The molecule has 1 aromatic rings. The zero-order valence-corrected chi connectivity index (χ0v) is 17.9. The van der Waals surface area contributed by atoms with Crippen LogP contribution in [0, 0.1) is 11.8 Å². The van der Waals surface area contributed by atoms with E-state index in [1.165, 1.54) is 30.6 Å². The van der Waals surface area contributed by atoms with Gasteiger partial charge in [-0.1, -0.05) is 51.2 Å². The van der Waals surface area contributed by atoms with Gasteiger partial charge in [-0.15, -0.1) is 11.3 Å². The van der Waals surface area contributed by atoms with E-state index in [0.29, 0.717) is 11.4 Å². The first-order valence-corrected chi connectivity index (χ1v) is 11.8.